The van der Waals surface area contributed by atoms with Gasteiger partial charge in [0, 0.05) is 19.2 Å². The third-order valence-corrected chi connectivity index (χ3v) is 4.59. The fourth-order valence-electron chi connectivity index (χ4n) is 2.96. The second kappa shape index (κ2) is 8.86. The van der Waals surface area contributed by atoms with Crippen LogP contribution in [0.3, 0.4) is 0 Å². The second-order valence-electron chi connectivity index (χ2n) is 6.53. The lowest BCUT2D eigenvalue weighted by molar-refractivity contribution is -0.141. The third-order valence-electron chi connectivity index (χ3n) is 4.59. The standard InChI is InChI=1S/C23H22N2O3/c1-25(21(22(26)27)16-17-8-4-2-5-9-17)23(28)24-20-14-12-19(13-15-20)18-10-6-3-7-11-18/h2-15,21H,16H2,1H3,(H,24,28)(H,26,27)/t21-/m1/s1. The molecule has 3 aromatic carbocycles. The van der Waals surface area contributed by atoms with E-state index in [4.69, 9.17) is 0 Å². The fraction of sp³-hybridized carbons (Fsp3) is 0.130. The van der Waals surface area contributed by atoms with Crippen molar-refractivity contribution in [3.05, 3.63) is 90.5 Å². The number of aliphatic carboxylic acids is 1. The molecule has 28 heavy (non-hydrogen) atoms. The number of likely N-dealkylation sites (N-methyl/N-ethyl adjacent to an activating group) is 1. The zero-order chi connectivity index (χ0) is 19.9. The zero-order valence-electron chi connectivity index (χ0n) is 15.6. The maximum atomic E-state index is 12.6. The van der Waals surface area contributed by atoms with E-state index in [1.54, 1.807) is 12.1 Å². The number of carboxylic acids is 1. The Morgan fingerprint density at radius 2 is 1.39 bits per heavy atom. The molecule has 0 unspecified atom stereocenters. The van der Waals surface area contributed by atoms with Gasteiger partial charge >= 0.3 is 12.0 Å². The Morgan fingerprint density at radius 1 is 0.857 bits per heavy atom. The van der Waals surface area contributed by atoms with Gasteiger partial charge in [-0.05, 0) is 28.8 Å². The predicted molar refractivity (Wildman–Crippen MR) is 110 cm³/mol. The maximum Gasteiger partial charge on any atom is 0.326 e. The van der Waals surface area contributed by atoms with E-state index >= 15 is 0 Å². The molecular weight excluding hydrogens is 352 g/mol. The molecule has 0 saturated carbocycles. The average molecular weight is 374 g/mol. The number of hydrogen-bond donors (Lipinski definition) is 2. The number of carbonyl (C=O) groups is 2. The number of carbonyl (C=O) groups excluding carboxylic acids is 1. The van der Waals surface area contributed by atoms with Crippen molar-refractivity contribution in [1.82, 2.24) is 4.90 Å². The summed E-state index contributed by atoms with van der Waals surface area (Å²) in [6, 6.07) is 25.2. The number of hydrogen-bond acceptors (Lipinski definition) is 2. The van der Waals surface area contributed by atoms with E-state index in [-0.39, 0.29) is 6.42 Å². The van der Waals surface area contributed by atoms with Crippen LogP contribution >= 0.6 is 0 Å². The van der Waals surface area contributed by atoms with Crippen molar-refractivity contribution in [2.75, 3.05) is 12.4 Å². The average Bonchev–Trinajstić information content (AvgIpc) is 2.73. The smallest absolute Gasteiger partial charge is 0.326 e. The van der Waals surface area contributed by atoms with Crippen LogP contribution in [0.25, 0.3) is 11.1 Å². The van der Waals surface area contributed by atoms with Crippen LogP contribution in [0.4, 0.5) is 10.5 Å². The first-order chi connectivity index (χ1) is 13.5. The summed E-state index contributed by atoms with van der Waals surface area (Å²) in [5.41, 5.74) is 3.60. The van der Waals surface area contributed by atoms with E-state index in [0.717, 1.165) is 16.7 Å². The van der Waals surface area contributed by atoms with Crippen LogP contribution in [-0.4, -0.2) is 35.1 Å². The van der Waals surface area contributed by atoms with E-state index in [9.17, 15) is 14.7 Å². The molecule has 0 aliphatic carbocycles. The lowest BCUT2D eigenvalue weighted by atomic mass is 10.1. The van der Waals surface area contributed by atoms with Gasteiger partial charge in [0.1, 0.15) is 6.04 Å². The Kier molecular flexibility index (Phi) is 6.07. The third kappa shape index (κ3) is 4.76. The van der Waals surface area contributed by atoms with Crippen molar-refractivity contribution in [2.45, 2.75) is 12.5 Å². The van der Waals surface area contributed by atoms with Gasteiger partial charge < -0.3 is 15.3 Å². The molecule has 5 nitrogen and oxygen atoms in total. The Bertz CT molecular complexity index is 925. The van der Waals surface area contributed by atoms with Gasteiger partial charge in [0.2, 0.25) is 0 Å². The maximum absolute atomic E-state index is 12.6. The zero-order valence-corrected chi connectivity index (χ0v) is 15.6. The number of amides is 2. The second-order valence-corrected chi connectivity index (χ2v) is 6.53. The molecule has 0 fully saturated rings. The van der Waals surface area contributed by atoms with Gasteiger partial charge in [0.25, 0.3) is 0 Å². The molecule has 2 N–H and O–H groups in total. The van der Waals surface area contributed by atoms with E-state index < -0.39 is 18.0 Å². The molecule has 142 valence electrons. The quantitative estimate of drug-likeness (QED) is 0.667. The molecule has 1 atom stereocenters. The summed E-state index contributed by atoms with van der Waals surface area (Å²) in [4.78, 5) is 25.5. The first-order valence-electron chi connectivity index (χ1n) is 9.00. The molecule has 0 spiro atoms. The van der Waals surface area contributed by atoms with Gasteiger partial charge in [-0.2, -0.15) is 0 Å². The topological polar surface area (TPSA) is 69.6 Å². The highest BCUT2D eigenvalue weighted by atomic mass is 16.4. The van der Waals surface area contributed by atoms with Crippen molar-refractivity contribution in [2.24, 2.45) is 0 Å². The monoisotopic (exact) mass is 374 g/mol. The van der Waals surface area contributed by atoms with Crippen LogP contribution in [0.2, 0.25) is 0 Å². The first kappa shape index (κ1) is 19.2. The van der Waals surface area contributed by atoms with E-state index in [0.29, 0.717) is 5.69 Å². The summed E-state index contributed by atoms with van der Waals surface area (Å²) in [6.45, 7) is 0. The van der Waals surface area contributed by atoms with Gasteiger partial charge in [0.15, 0.2) is 0 Å². The Balaban J connectivity index is 1.67. The molecule has 0 aromatic heterocycles. The number of carboxylic acid groups (broad SMARTS) is 1. The van der Waals surface area contributed by atoms with Crippen molar-refractivity contribution >= 4 is 17.7 Å². The summed E-state index contributed by atoms with van der Waals surface area (Å²) in [5.74, 6) is -1.04. The highest BCUT2D eigenvalue weighted by Gasteiger charge is 2.26. The number of nitrogens with one attached hydrogen (secondary N) is 1. The van der Waals surface area contributed by atoms with Crippen LogP contribution in [0.15, 0.2) is 84.9 Å². The van der Waals surface area contributed by atoms with E-state index in [1.165, 1.54) is 11.9 Å². The lowest BCUT2D eigenvalue weighted by Crippen LogP contribution is -2.45. The van der Waals surface area contributed by atoms with E-state index in [2.05, 4.69) is 5.32 Å². The van der Waals surface area contributed by atoms with Crippen molar-refractivity contribution in [3.8, 4) is 11.1 Å². The molecule has 2 amide bonds. The van der Waals surface area contributed by atoms with Crippen molar-refractivity contribution in [1.29, 1.82) is 0 Å². The van der Waals surface area contributed by atoms with Crippen molar-refractivity contribution in [3.63, 3.8) is 0 Å². The van der Waals surface area contributed by atoms with Crippen molar-refractivity contribution < 1.29 is 14.7 Å². The normalized spacial score (nSPS) is 11.5. The molecule has 0 aliphatic heterocycles. The van der Waals surface area contributed by atoms with Gasteiger partial charge in [0.05, 0.1) is 0 Å². The summed E-state index contributed by atoms with van der Waals surface area (Å²) in [7, 11) is 1.50. The lowest BCUT2D eigenvalue weighted by Gasteiger charge is -2.25. The van der Waals surface area contributed by atoms with Gasteiger partial charge in [-0.15, -0.1) is 0 Å². The van der Waals surface area contributed by atoms with Crippen LogP contribution in [0.1, 0.15) is 5.56 Å². The summed E-state index contributed by atoms with van der Waals surface area (Å²) >= 11 is 0. The minimum absolute atomic E-state index is 0.243. The van der Waals surface area contributed by atoms with Crippen LogP contribution in [-0.2, 0) is 11.2 Å². The summed E-state index contributed by atoms with van der Waals surface area (Å²) in [6.07, 6.45) is 0.243. The minimum atomic E-state index is -1.04. The Labute approximate surface area is 164 Å². The number of rotatable bonds is 6. The Morgan fingerprint density at radius 3 is 1.96 bits per heavy atom. The molecule has 3 rings (SSSR count). The highest BCUT2D eigenvalue weighted by Crippen LogP contribution is 2.21. The van der Waals surface area contributed by atoms with Crippen LogP contribution < -0.4 is 5.32 Å². The highest BCUT2D eigenvalue weighted by molar-refractivity contribution is 5.92. The van der Waals surface area contributed by atoms with E-state index in [1.807, 2.05) is 72.8 Å². The molecule has 0 heterocycles. The van der Waals surface area contributed by atoms with Gasteiger partial charge in [-0.25, -0.2) is 9.59 Å². The molecule has 0 radical (unpaired) electrons. The van der Waals surface area contributed by atoms with Crippen LogP contribution in [0.5, 0.6) is 0 Å². The first-order valence-corrected chi connectivity index (χ1v) is 9.00. The molecule has 5 heteroatoms. The Hall–Kier alpha value is -3.60. The van der Waals surface area contributed by atoms with Crippen LogP contribution in [0, 0.1) is 0 Å². The molecular formula is C23H22N2O3. The minimum Gasteiger partial charge on any atom is -0.480 e. The fourth-order valence-corrected chi connectivity index (χ4v) is 2.96. The number of nitrogens with zero attached hydrogens (tertiary/aromatic N) is 1. The molecule has 0 aliphatic rings. The largest absolute Gasteiger partial charge is 0.480 e. The molecule has 0 bridgehead atoms. The predicted octanol–water partition coefficient (Wildman–Crippen LogP) is 4.51. The number of anilines is 1. The number of benzene rings is 3. The SMILES string of the molecule is CN(C(=O)Nc1ccc(-c2ccccc2)cc1)[C@H](Cc1ccccc1)C(=O)O. The van der Waals surface area contributed by atoms with Gasteiger partial charge in [-0.3, -0.25) is 0 Å². The molecule has 3 aromatic rings. The molecule has 0 saturated heterocycles. The summed E-state index contributed by atoms with van der Waals surface area (Å²) in [5, 5.41) is 12.3. The van der Waals surface area contributed by atoms with Gasteiger partial charge in [-0.1, -0.05) is 72.8 Å². The number of urea groups is 1. The summed E-state index contributed by atoms with van der Waals surface area (Å²) < 4.78 is 0.